The largest absolute Gasteiger partial charge is 0.385 e. The molecule has 0 aliphatic rings. The summed E-state index contributed by atoms with van der Waals surface area (Å²) >= 11 is 1.29. The molecule has 3 rings (SSSR count). The number of methoxy groups -OCH3 is 1. The highest BCUT2D eigenvalue weighted by molar-refractivity contribution is 7.99. The molecule has 0 unspecified atom stereocenters. The summed E-state index contributed by atoms with van der Waals surface area (Å²) in [4.78, 5) is 31.8. The summed E-state index contributed by atoms with van der Waals surface area (Å²) in [5, 5.41) is 1.13. The van der Waals surface area contributed by atoms with Gasteiger partial charge in [-0.2, -0.15) is 0 Å². The van der Waals surface area contributed by atoms with Gasteiger partial charge >= 0.3 is 0 Å². The summed E-state index contributed by atoms with van der Waals surface area (Å²) in [5.74, 6) is 0.141. The van der Waals surface area contributed by atoms with Gasteiger partial charge in [-0.15, -0.1) is 0 Å². The minimum atomic E-state index is -0.0898. The third-order valence-electron chi connectivity index (χ3n) is 4.40. The molecule has 28 heavy (non-hydrogen) atoms. The van der Waals surface area contributed by atoms with Crippen molar-refractivity contribution in [3.05, 3.63) is 65.0 Å². The molecule has 0 atom stereocenters. The molecular formula is C21H23N3O3S. The lowest BCUT2D eigenvalue weighted by Gasteiger charge is -2.18. The Bertz CT molecular complexity index is 1000. The average molecular weight is 398 g/mol. The first kappa shape index (κ1) is 20.1. The van der Waals surface area contributed by atoms with Crippen molar-refractivity contribution in [1.82, 2.24) is 9.55 Å². The number of fused-ring (bicyclic) bond motifs is 1. The Morgan fingerprint density at radius 2 is 1.86 bits per heavy atom. The number of hydrogen-bond acceptors (Lipinski definition) is 5. The van der Waals surface area contributed by atoms with Gasteiger partial charge in [0.15, 0.2) is 5.16 Å². The van der Waals surface area contributed by atoms with Crippen LogP contribution >= 0.6 is 11.8 Å². The van der Waals surface area contributed by atoms with Crippen molar-refractivity contribution in [1.29, 1.82) is 0 Å². The van der Waals surface area contributed by atoms with E-state index >= 15 is 0 Å². The van der Waals surface area contributed by atoms with E-state index in [4.69, 9.17) is 4.74 Å². The van der Waals surface area contributed by atoms with Crippen molar-refractivity contribution >= 4 is 34.3 Å². The van der Waals surface area contributed by atoms with Crippen LogP contribution in [0.25, 0.3) is 10.9 Å². The van der Waals surface area contributed by atoms with E-state index in [1.807, 2.05) is 48.5 Å². The van der Waals surface area contributed by atoms with Crippen molar-refractivity contribution in [3.8, 4) is 0 Å². The van der Waals surface area contributed by atoms with Crippen LogP contribution in [0.4, 0.5) is 5.69 Å². The molecule has 0 saturated carbocycles. The molecule has 0 aliphatic heterocycles. The molecular weight excluding hydrogens is 374 g/mol. The molecule has 1 amide bonds. The normalized spacial score (nSPS) is 10.9. The molecule has 0 radical (unpaired) electrons. The van der Waals surface area contributed by atoms with Gasteiger partial charge in [-0.05, 0) is 30.7 Å². The van der Waals surface area contributed by atoms with Gasteiger partial charge in [0, 0.05) is 33.0 Å². The van der Waals surface area contributed by atoms with E-state index in [1.54, 1.807) is 29.7 Å². The zero-order chi connectivity index (χ0) is 19.9. The lowest BCUT2D eigenvalue weighted by molar-refractivity contribution is -0.115. The van der Waals surface area contributed by atoms with Crippen LogP contribution in [0.15, 0.2) is 64.5 Å². The van der Waals surface area contributed by atoms with Gasteiger partial charge < -0.3 is 9.64 Å². The fourth-order valence-electron chi connectivity index (χ4n) is 2.84. The number of carbonyl (C=O) groups excluding carboxylic acids is 1. The highest BCUT2D eigenvalue weighted by Crippen LogP contribution is 2.20. The molecule has 146 valence electrons. The Morgan fingerprint density at radius 1 is 1.14 bits per heavy atom. The average Bonchev–Trinajstić information content (AvgIpc) is 2.74. The van der Waals surface area contributed by atoms with Crippen LogP contribution in [0.3, 0.4) is 0 Å². The van der Waals surface area contributed by atoms with Crippen LogP contribution in [-0.2, 0) is 16.1 Å². The first-order valence-corrected chi connectivity index (χ1v) is 10.0. The number of nitrogens with zero attached hydrogens (tertiary/aromatic N) is 3. The Morgan fingerprint density at radius 3 is 2.61 bits per heavy atom. The van der Waals surface area contributed by atoms with E-state index < -0.39 is 0 Å². The molecule has 1 heterocycles. The lowest BCUT2D eigenvalue weighted by Crippen LogP contribution is -2.29. The van der Waals surface area contributed by atoms with Crippen LogP contribution in [0.1, 0.15) is 6.42 Å². The van der Waals surface area contributed by atoms with E-state index in [2.05, 4.69) is 4.98 Å². The van der Waals surface area contributed by atoms with Gasteiger partial charge in [0.2, 0.25) is 5.91 Å². The van der Waals surface area contributed by atoms with E-state index in [9.17, 15) is 9.59 Å². The molecule has 0 spiro atoms. The van der Waals surface area contributed by atoms with Gasteiger partial charge in [0.1, 0.15) is 0 Å². The zero-order valence-electron chi connectivity index (χ0n) is 16.0. The summed E-state index contributed by atoms with van der Waals surface area (Å²) < 4.78 is 6.75. The molecule has 2 aromatic carbocycles. The predicted octanol–water partition coefficient (Wildman–Crippen LogP) is 3.19. The summed E-state index contributed by atoms with van der Waals surface area (Å²) in [5.41, 5.74) is 1.38. The number of carbonyl (C=O) groups is 1. The zero-order valence-corrected chi connectivity index (χ0v) is 16.8. The molecule has 0 bridgehead atoms. The molecule has 1 aromatic heterocycles. The first-order chi connectivity index (χ1) is 13.6. The molecule has 6 nitrogen and oxygen atoms in total. The van der Waals surface area contributed by atoms with E-state index in [1.165, 1.54) is 11.8 Å². The minimum absolute atomic E-state index is 0.0537. The van der Waals surface area contributed by atoms with Crippen molar-refractivity contribution in [3.63, 3.8) is 0 Å². The van der Waals surface area contributed by atoms with Crippen LogP contribution in [0.5, 0.6) is 0 Å². The standard InChI is InChI=1S/C21H23N3O3S/c1-23(16-9-4-3-5-10-16)19(25)15-28-21-22-18-12-7-6-11-17(18)20(26)24(21)13-8-14-27-2/h3-7,9-12H,8,13-15H2,1-2H3. The second-order valence-corrected chi connectivity index (χ2v) is 7.23. The van der Waals surface area contributed by atoms with Gasteiger partial charge in [-0.25, -0.2) is 4.98 Å². The van der Waals surface area contributed by atoms with E-state index in [0.29, 0.717) is 35.6 Å². The summed E-state index contributed by atoms with van der Waals surface area (Å²) in [6, 6.07) is 16.7. The fraction of sp³-hybridized carbons (Fsp3) is 0.286. The number of aromatic nitrogens is 2. The van der Waals surface area contributed by atoms with Crippen molar-refractivity contribution in [2.45, 2.75) is 18.1 Å². The summed E-state index contributed by atoms with van der Waals surface area (Å²) in [6.07, 6.45) is 0.696. The monoisotopic (exact) mass is 397 g/mol. The molecule has 0 aliphatic carbocycles. The minimum Gasteiger partial charge on any atom is -0.385 e. The maximum absolute atomic E-state index is 12.9. The second-order valence-electron chi connectivity index (χ2n) is 6.29. The molecule has 0 saturated heterocycles. The number of amides is 1. The summed E-state index contributed by atoms with van der Waals surface area (Å²) in [6.45, 7) is 1.05. The number of ether oxygens (including phenoxy) is 1. The smallest absolute Gasteiger partial charge is 0.262 e. The van der Waals surface area contributed by atoms with Crippen LogP contribution in [0.2, 0.25) is 0 Å². The molecule has 0 N–H and O–H groups in total. The number of para-hydroxylation sites is 2. The number of hydrogen-bond donors (Lipinski definition) is 0. The number of thioether (sulfide) groups is 1. The third-order valence-corrected chi connectivity index (χ3v) is 5.36. The highest BCUT2D eigenvalue weighted by Gasteiger charge is 2.15. The second kappa shape index (κ2) is 9.52. The SMILES string of the molecule is COCCCn1c(SCC(=O)N(C)c2ccccc2)nc2ccccc2c1=O. The number of benzene rings is 2. The van der Waals surface area contributed by atoms with Crippen molar-refractivity contribution in [2.75, 3.05) is 31.4 Å². The quantitative estimate of drug-likeness (QED) is 0.332. The molecule has 0 fully saturated rings. The Balaban J connectivity index is 1.83. The van der Waals surface area contributed by atoms with E-state index in [0.717, 1.165) is 5.69 Å². The van der Waals surface area contributed by atoms with Gasteiger partial charge in [-0.3, -0.25) is 14.2 Å². The molecule has 7 heteroatoms. The fourth-order valence-corrected chi connectivity index (χ4v) is 3.78. The third kappa shape index (κ3) is 4.61. The van der Waals surface area contributed by atoms with Crippen LogP contribution < -0.4 is 10.5 Å². The maximum atomic E-state index is 12.9. The predicted molar refractivity (Wildman–Crippen MR) is 113 cm³/mol. The van der Waals surface area contributed by atoms with Gasteiger partial charge in [0.25, 0.3) is 5.56 Å². The van der Waals surface area contributed by atoms with Gasteiger partial charge in [0.05, 0.1) is 16.7 Å². The Kier molecular flexibility index (Phi) is 6.84. The number of anilines is 1. The Labute approximate surface area is 168 Å². The Hall–Kier alpha value is -2.64. The first-order valence-electron chi connectivity index (χ1n) is 9.04. The topological polar surface area (TPSA) is 64.4 Å². The van der Waals surface area contributed by atoms with Gasteiger partial charge in [-0.1, -0.05) is 42.1 Å². The van der Waals surface area contributed by atoms with Crippen molar-refractivity contribution < 1.29 is 9.53 Å². The number of rotatable bonds is 8. The van der Waals surface area contributed by atoms with Crippen molar-refractivity contribution in [2.24, 2.45) is 0 Å². The van der Waals surface area contributed by atoms with Crippen LogP contribution in [0, 0.1) is 0 Å². The summed E-state index contributed by atoms with van der Waals surface area (Å²) in [7, 11) is 3.38. The molecule has 3 aromatic rings. The maximum Gasteiger partial charge on any atom is 0.262 e. The highest BCUT2D eigenvalue weighted by atomic mass is 32.2. The van der Waals surface area contributed by atoms with E-state index in [-0.39, 0.29) is 17.2 Å². The lowest BCUT2D eigenvalue weighted by atomic mass is 10.2. The van der Waals surface area contributed by atoms with Crippen LogP contribution in [-0.4, -0.2) is 42.0 Å².